The summed E-state index contributed by atoms with van der Waals surface area (Å²) in [4.78, 5) is 13.1. The van der Waals surface area contributed by atoms with Gasteiger partial charge in [0.1, 0.15) is 12.4 Å². The van der Waals surface area contributed by atoms with Crippen LogP contribution in [0.2, 0.25) is 0 Å². The smallest absolute Gasteiger partial charge is 0.224 e. The molecule has 0 N–H and O–H groups in total. The fourth-order valence-electron chi connectivity index (χ4n) is 3.36. The van der Waals surface area contributed by atoms with Gasteiger partial charge >= 0.3 is 0 Å². The van der Waals surface area contributed by atoms with Crippen LogP contribution >= 0.6 is 0 Å². The monoisotopic (exact) mass is 375 g/mol. The molecule has 142 valence electrons. The first-order chi connectivity index (χ1) is 13.7. The van der Waals surface area contributed by atoms with Crippen molar-refractivity contribution in [1.29, 1.82) is 5.26 Å². The maximum absolute atomic E-state index is 9.29. The first-order valence-corrected chi connectivity index (χ1v) is 9.29. The van der Waals surface area contributed by atoms with Crippen molar-refractivity contribution in [1.82, 2.24) is 20.2 Å². The van der Waals surface area contributed by atoms with Gasteiger partial charge in [-0.3, -0.25) is 0 Å². The molecule has 2 aromatic heterocycles. The Hall–Kier alpha value is -3.47. The molecule has 28 heavy (non-hydrogen) atoms. The number of ether oxygens (including phenoxy) is 1. The number of piperazine rings is 1. The quantitative estimate of drug-likeness (QED) is 0.686. The predicted octanol–water partition coefficient (Wildman–Crippen LogP) is 2.41. The number of anilines is 2. The summed E-state index contributed by atoms with van der Waals surface area (Å²) in [5, 5.41) is 18.3. The summed E-state index contributed by atoms with van der Waals surface area (Å²) < 4.78 is 5.85. The molecular weight excluding hydrogens is 354 g/mol. The number of benzene rings is 1. The third kappa shape index (κ3) is 3.51. The average molecular weight is 375 g/mol. The Morgan fingerprint density at radius 1 is 1.07 bits per heavy atom. The summed E-state index contributed by atoms with van der Waals surface area (Å²) in [6.45, 7) is 7.15. The lowest BCUT2D eigenvalue weighted by molar-refractivity contribution is 0.235. The largest absolute Gasteiger partial charge is 0.474 e. The van der Waals surface area contributed by atoms with Crippen LogP contribution in [0.3, 0.4) is 0 Å². The number of fused-ring (bicyclic) bond motifs is 1. The topological polar surface area (TPSA) is 91.1 Å². The van der Waals surface area contributed by atoms with Crippen LogP contribution in [0, 0.1) is 11.3 Å². The van der Waals surface area contributed by atoms with E-state index in [0.29, 0.717) is 17.3 Å². The number of nitrogens with zero attached hydrogens (tertiary/aromatic N) is 7. The highest BCUT2D eigenvalue weighted by molar-refractivity contribution is 5.86. The first kappa shape index (κ1) is 17.9. The number of aromatic nitrogens is 4. The van der Waals surface area contributed by atoms with Crippen LogP contribution in [0.15, 0.2) is 36.8 Å². The van der Waals surface area contributed by atoms with Crippen LogP contribution in [0.5, 0.6) is 5.88 Å². The van der Waals surface area contributed by atoms with E-state index < -0.39 is 0 Å². The van der Waals surface area contributed by atoms with E-state index in [2.05, 4.69) is 48.2 Å². The second-order valence-electron chi connectivity index (χ2n) is 6.90. The Balaban J connectivity index is 1.55. The molecule has 8 nitrogen and oxygen atoms in total. The third-order valence-corrected chi connectivity index (χ3v) is 4.70. The van der Waals surface area contributed by atoms with Gasteiger partial charge in [0.15, 0.2) is 5.82 Å². The number of hydrogen-bond acceptors (Lipinski definition) is 8. The predicted molar refractivity (Wildman–Crippen MR) is 106 cm³/mol. The van der Waals surface area contributed by atoms with Gasteiger partial charge in [0.2, 0.25) is 5.88 Å². The fraction of sp³-hybridized carbons (Fsp3) is 0.350. The molecule has 1 aliphatic rings. The van der Waals surface area contributed by atoms with Crippen LogP contribution < -0.4 is 14.5 Å². The Morgan fingerprint density at radius 3 is 2.61 bits per heavy atom. The van der Waals surface area contributed by atoms with Gasteiger partial charge in [-0.1, -0.05) is 0 Å². The minimum absolute atomic E-state index is 0.0478. The van der Waals surface area contributed by atoms with Gasteiger partial charge in [-0.25, -0.2) is 9.97 Å². The molecule has 1 aliphatic heterocycles. The minimum Gasteiger partial charge on any atom is -0.474 e. The molecule has 0 spiro atoms. The number of hydrogen-bond donors (Lipinski definition) is 0. The van der Waals surface area contributed by atoms with Crippen molar-refractivity contribution in [3.8, 4) is 11.9 Å². The summed E-state index contributed by atoms with van der Waals surface area (Å²) in [6, 6.07) is 10.1. The van der Waals surface area contributed by atoms with Gasteiger partial charge in [0.25, 0.3) is 0 Å². The maximum Gasteiger partial charge on any atom is 0.224 e. The summed E-state index contributed by atoms with van der Waals surface area (Å²) in [7, 11) is 0. The third-order valence-electron chi connectivity index (χ3n) is 4.70. The number of nitriles is 1. The highest BCUT2D eigenvalue weighted by Crippen LogP contribution is 2.28. The minimum atomic E-state index is 0.0478. The zero-order valence-corrected chi connectivity index (χ0v) is 15.9. The molecule has 1 fully saturated rings. The molecule has 0 saturated carbocycles. The molecule has 0 aliphatic carbocycles. The highest BCUT2D eigenvalue weighted by Gasteiger charge is 2.21. The summed E-state index contributed by atoms with van der Waals surface area (Å²) in [5.74, 6) is 1.27. The normalized spacial score (nSPS) is 14.4. The first-order valence-electron chi connectivity index (χ1n) is 9.29. The molecule has 0 amide bonds. The Labute approximate surface area is 163 Å². The number of rotatable bonds is 4. The van der Waals surface area contributed by atoms with E-state index in [1.165, 1.54) is 6.33 Å². The molecule has 8 heteroatoms. The highest BCUT2D eigenvalue weighted by atomic mass is 16.5. The summed E-state index contributed by atoms with van der Waals surface area (Å²) in [5.41, 5.74) is 2.53. The average Bonchev–Trinajstić information content (AvgIpc) is 2.73. The van der Waals surface area contributed by atoms with Crippen molar-refractivity contribution in [2.24, 2.45) is 0 Å². The molecule has 0 unspecified atom stereocenters. The summed E-state index contributed by atoms with van der Waals surface area (Å²) >= 11 is 0. The standard InChI is InChI=1S/C20H21N7O/c1-14(2)28-20-17-11-16(3-4-18(17)22-13-23-20)26-7-9-27(10-8-26)19-15(12-21)5-6-24-25-19/h3-6,11,13-14H,7-10H2,1-2H3. The summed E-state index contributed by atoms with van der Waals surface area (Å²) in [6.07, 6.45) is 3.13. The fourth-order valence-corrected chi connectivity index (χ4v) is 3.36. The molecule has 1 saturated heterocycles. The lowest BCUT2D eigenvalue weighted by Gasteiger charge is -2.36. The second kappa shape index (κ2) is 7.64. The molecule has 1 aromatic carbocycles. The zero-order valence-electron chi connectivity index (χ0n) is 15.9. The molecular formula is C20H21N7O. The van der Waals surface area contributed by atoms with E-state index in [1.807, 2.05) is 19.9 Å². The van der Waals surface area contributed by atoms with E-state index in [1.54, 1.807) is 12.3 Å². The Bertz CT molecular complexity index is 1020. The van der Waals surface area contributed by atoms with Gasteiger partial charge in [0.05, 0.1) is 28.8 Å². The van der Waals surface area contributed by atoms with Gasteiger partial charge in [0, 0.05) is 31.9 Å². The molecule has 0 bridgehead atoms. The van der Waals surface area contributed by atoms with E-state index in [4.69, 9.17) is 4.74 Å². The van der Waals surface area contributed by atoms with Gasteiger partial charge in [-0.05, 0) is 38.1 Å². The Morgan fingerprint density at radius 2 is 1.86 bits per heavy atom. The maximum atomic E-state index is 9.29. The molecule has 0 radical (unpaired) electrons. The zero-order chi connectivity index (χ0) is 19.5. The molecule has 3 aromatic rings. The van der Waals surface area contributed by atoms with Crippen molar-refractivity contribution in [3.05, 3.63) is 42.4 Å². The SMILES string of the molecule is CC(C)Oc1ncnc2ccc(N3CCN(c4nnccc4C#N)CC3)cc12. The lowest BCUT2D eigenvalue weighted by Crippen LogP contribution is -2.47. The van der Waals surface area contributed by atoms with Crippen molar-refractivity contribution < 1.29 is 4.74 Å². The molecule has 4 rings (SSSR count). The van der Waals surface area contributed by atoms with E-state index in [0.717, 1.165) is 42.8 Å². The van der Waals surface area contributed by atoms with Crippen molar-refractivity contribution in [3.63, 3.8) is 0 Å². The second-order valence-corrected chi connectivity index (χ2v) is 6.90. The van der Waals surface area contributed by atoms with Gasteiger partial charge in [-0.15, -0.1) is 5.10 Å². The van der Waals surface area contributed by atoms with E-state index >= 15 is 0 Å². The lowest BCUT2D eigenvalue weighted by atomic mass is 10.1. The van der Waals surface area contributed by atoms with Crippen LogP contribution in [0.4, 0.5) is 11.5 Å². The van der Waals surface area contributed by atoms with Gasteiger partial charge in [-0.2, -0.15) is 10.4 Å². The van der Waals surface area contributed by atoms with Crippen LogP contribution in [0.25, 0.3) is 10.9 Å². The Kier molecular flexibility index (Phi) is 4.89. The van der Waals surface area contributed by atoms with Crippen molar-refractivity contribution >= 4 is 22.4 Å². The van der Waals surface area contributed by atoms with Gasteiger partial charge < -0.3 is 14.5 Å². The van der Waals surface area contributed by atoms with E-state index in [-0.39, 0.29) is 6.10 Å². The molecule has 0 atom stereocenters. The van der Waals surface area contributed by atoms with Crippen LogP contribution in [-0.4, -0.2) is 52.4 Å². The van der Waals surface area contributed by atoms with Crippen molar-refractivity contribution in [2.75, 3.05) is 36.0 Å². The van der Waals surface area contributed by atoms with Crippen LogP contribution in [0.1, 0.15) is 19.4 Å². The van der Waals surface area contributed by atoms with Crippen molar-refractivity contribution in [2.45, 2.75) is 20.0 Å². The van der Waals surface area contributed by atoms with Crippen LogP contribution in [-0.2, 0) is 0 Å². The van der Waals surface area contributed by atoms with E-state index in [9.17, 15) is 5.26 Å². The molecule has 3 heterocycles.